The molecule has 0 aromatic carbocycles. The van der Waals surface area contributed by atoms with Crippen LogP contribution in [0.25, 0.3) is 0 Å². The van der Waals surface area contributed by atoms with Gasteiger partial charge in [0.25, 0.3) is 0 Å². The summed E-state index contributed by atoms with van der Waals surface area (Å²) >= 11 is 3.89. The molecule has 2 N–H and O–H groups in total. The van der Waals surface area contributed by atoms with Crippen molar-refractivity contribution in [2.45, 2.75) is 4.90 Å². The Morgan fingerprint density at radius 2 is 2.15 bits per heavy atom. The lowest BCUT2D eigenvalue weighted by molar-refractivity contribution is 0.0702. The lowest BCUT2D eigenvalue weighted by Crippen LogP contribution is -2.36. The lowest BCUT2D eigenvalue weighted by Gasteiger charge is -2.20. The molecule has 0 saturated heterocycles. The van der Waals surface area contributed by atoms with Crippen LogP contribution in [0.3, 0.4) is 0 Å². The van der Waals surface area contributed by atoms with Gasteiger partial charge in [0.05, 0.1) is 17.0 Å². The number of carboxylic acids is 1. The highest BCUT2D eigenvalue weighted by Crippen LogP contribution is 2.33. The van der Waals surface area contributed by atoms with E-state index in [-0.39, 0.29) is 39.9 Å². The van der Waals surface area contributed by atoms with Gasteiger partial charge in [-0.2, -0.15) is 4.31 Å². The molecule has 0 atom stereocenters. The molecule has 0 unspecified atom stereocenters. The first-order valence-corrected chi connectivity index (χ1v) is 8.52. The number of thiophene rings is 1. The molecule has 0 radical (unpaired) electrons. The van der Waals surface area contributed by atoms with Gasteiger partial charge in [-0.25, -0.2) is 13.2 Å². The standard InChI is InChI=1S/C10H14BrNO6S2/c1-18-5-3-12(2-4-13)20(16,17)8-6-7(10(14)15)19-9(8)11/h6,13H,2-5H2,1H3,(H,14,15). The van der Waals surface area contributed by atoms with Crippen LogP contribution >= 0.6 is 27.3 Å². The fourth-order valence-electron chi connectivity index (χ4n) is 1.43. The summed E-state index contributed by atoms with van der Waals surface area (Å²) < 4.78 is 31.0. The number of halogens is 1. The third-order valence-corrected chi connectivity index (χ3v) is 6.52. The molecule has 0 aliphatic heterocycles. The van der Waals surface area contributed by atoms with Crippen molar-refractivity contribution in [1.82, 2.24) is 4.31 Å². The van der Waals surface area contributed by atoms with E-state index in [1.807, 2.05) is 0 Å². The van der Waals surface area contributed by atoms with Crippen LogP contribution < -0.4 is 0 Å². The maximum atomic E-state index is 12.4. The molecule has 1 rings (SSSR count). The highest BCUT2D eigenvalue weighted by atomic mass is 79.9. The number of hydrogen-bond acceptors (Lipinski definition) is 6. The van der Waals surface area contributed by atoms with Gasteiger partial charge in [0, 0.05) is 20.2 Å². The van der Waals surface area contributed by atoms with E-state index < -0.39 is 16.0 Å². The molecule has 1 aromatic heterocycles. The molecule has 0 spiro atoms. The van der Waals surface area contributed by atoms with Gasteiger partial charge < -0.3 is 14.9 Å². The number of hydrogen-bond donors (Lipinski definition) is 2. The van der Waals surface area contributed by atoms with Crippen LogP contribution in [0.4, 0.5) is 0 Å². The van der Waals surface area contributed by atoms with E-state index in [9.17, 15) is 13.2 Å². The topological polar surface area (TPSA) is 104 Å². The zero-order valence-corrected chi connectivity index (χ0v) is 13.8. The Labute approximate surface area is 129 Å². The van der Waals surface area contributed by atoms with Crippen LogP contribution in [0, 0.1) is 0 Å². The predicted octanol–water partition coefficient (Wildman–Crippen LogP) is 0.838. The number of rotatable bonds is 8. The molecule has 0 amide bonds. The second-order valence-corrected chi connectivity index (χ2v) is 7.95. The number of carboxylic acid groups (broad SMARTS) is 1. The quantitative estimate of drug-likeness (QED) is 0.684. The molecule has 114 valence electrons. The summed E-state index contributed by atoms with van der Waals surface area (Å²) in [6.07, 6.45) is 0. The summed E-state index contributed by atoms with van der Waals surface area (Å²) in [5, 5.41) is 17.9. The summed E-state index contributed by atoms with van der Waals surface area (Å²) in [7, 11) is -2.45. The number of ether oxygens (including phenoxy) is 1. The molecule has 0 bridgehead atoms. The van der Waals surface area contributed by atoms with Gasteiger partial charge in [0.2, 0.25) is 10.0 Å². The number of methoxy groups -OCH3 is 1. The van der Waals surface area contributed by atoms with Crippen molar-refractivity contribution < 1.29 is 28.2 Å². The summed E-state index contributed by atoms with van der Waals surface area (Å²) in [6, 6.07) is 1.10. The Balaban J connectivity index is 3.15. The summed E-state index contributed by atoms with van der Waals surface area (Å²) in [6.45, 7) is -0.177. The van der Waals surface area contributed by atoms with E-state index in [4.69, 9.17) is 14.9 Å². The molecule has 1 aromatic rings. The number of carbonyl (C=O) groups is 1. The molecule has 0 saturated carbocycles. The second kappa shape index (κ2) is 7.48. The van der Waals surface area contributed by atoms with E-state index in [2.05, 4.69) is 15.9 Å². The number of aromatic carboxylic acids is 1. The summed E-state index contributed by atoms with van der Waals surface area (Å²) in [4.78, 5) is 10.7. The molecular weight excluding hydrogens is 374 g/mol. The number of aliphatic hydroxyl groups excluding tert-OH is 1. The monoisotopic (exact) mass is 387 g/mol. The van der Waals surface area contributed by atoms with Crippen LogP contribution in [0.2, 0.25) is 0 Å². The van der Waals surface area contributed by atoms with Gasteiger partial charge in [0.15, 0.2) is 0 Å². The number of sulfonamides is 1. The van der Waals surface area contributed by atoms with E-state index in [0.29, 0.717) is 0 Å². The van der Waals surface area contributed by atoms with Gasteiger partial charge in [0.1, 0.15) is 9.77 Å². The highest BCUT2D eigenvalue weighted by Gasteiger charge is 2.29. The van der Waals surface area contributed by atoms with Crippen LogP contribution in [0.15, 0.2) is 14.7 Å². The molecule has 1 heterocycles. The summed E-state index contributed by atoms with van der Waals surface area (Å²) in [5.74, 6) is -1.19. The Morgan fingerprint density at radius 3 is 2.60 bits per heavy atom. The van der Waals surface area contributed by atoms with Gasteiger partial charge in [-0.3, -0.25) is 0 Å². The Morgan fingerprint density at radius 1 is 1.50 bits per heavy atom. The predicted molar refractivity (Wildman–Crippen MR) is 76.7 cm³/mol. The maximum Gasteiger partial charge on any atom is 0.345 e. The third kappa shape index (κ3) is 3.99. The average Bonchev–Trinajstić information content (AvgIpc) is 2.77. The Kier molecular flexibility index (Phi) is 6.55. The SMILES string of the molecule is COCCN(CCO)S(=O)(=O)c1cc(C(=O)O)sc1Br. The van der Waals surface area contributed by atoms with Crippen molar-refractivity contribution in [3.63, 3.8) is 0 Å². The van der Waals surface area contributed by atoms with E-state index in [0.717, 1.165) is 21.7 Å². The largest absolute Gasteiger partial charge is 0.477 e. The van der Waals surface area contributed by atoms with Crippen molar-refractivity contribution in [1.29, 1.82) is 0 Å². The Bertz CT molecular complexity index is 570. The number of nitrogens with zero attached hydrogens (tertiary/aromatic N) is 1. The lowest BCUT2D eigenvalue weighted by atomic mass is 10.5. The minimum Gasteiger partial charge on any atom is -0.477 e. The van der Waals surface area contributed by atoms with Gasteiger partial charge in [-0.1, -0.05) is 0 Å². The molecule has 0 aliphatic carbocycles. The molecular formula is C10H14BrNO6S2. The maximum absolute atomic E-state index is 12.4. The van der Waals surface area contributed by atoms with E-state index in [1.165, 1.54) is 7.11 Å². The smallest absolute Gasteiger partial charge is 0.345 e. The van der Waals surface area contributed by atoms with Crippen molar-refractivity contribution in [2.24, 2.45) is 0 Å². The fourth-order valence-corrected chi connectivity index (χ4v) is 5.20. The first-order chi connectivity index (χ1) is 9.34. The van der Waals surface area contributed by atoms with Crippen molar-refractivity contribution in [2.75, 3.05) is 33.4 Å². The Hall–Kier alpha value is -0.520. The van der Waals surface area contributed by atoms with Crippen LogP contribution in [-0.2, 0) is 14.8 Å². The normalized spacial score (nSPS) is 12.0. The average molecular weight is 388 g/mol. The van der Waals surface area contributed by atoms with E-state index >= 15 is 0 Å². The van der Waals surface area contributed by atoms with Crippen molar-refractivity contribution in [3.05, 3.63) is 14.7 Å². The highest BCUT2D eigenvalue weighted by molar-refractivity contribution is 9.11. The molecule has 20 heavy (non-hydrogen) atoms. The van der Waals surface area contributed by atoms with Gasteiger partial charge >= 0.3 is 5.97 Å². The van der Waals surface area contributed by atoms with Crippen molar-refractivity contribution in [3.8, 4) is 0 Å². The molecule has 10 heteroatoms. The minimum atomic E-state index is -3.89. The first kappa shape index (κ1) is 17.5. The minimum absolute atomic E-state index is 0.0735. The third-order valence-electron chi connectivity index (χ3n) is 2.38. The van der Waals surface area contributed by atoms with Crippen LogP contribution in [-0.4, -0.2) is 62.3 Å². The van der Waals surface area contributed by atoms with Gasteiger partial charge in [-0.05, 0) is 22.0 Å². The molecule has 0 fully saturated rings. The van der Waals surface area contributed by atoms with Gasteiger partial charge in [-0.15, -0.1) is 11.3 Å². The molecule has 7 nitrogen and oxygen atoms in total. The zero-order valence-electron chi connectivity index (χ0n) is 10.6. The fraction of sp³-hybridized carbons (Fsp3) is 0.500. The van der Waals surface area contributed by atoms with Crippen LogP contribution in [0.1, 0.15) is 9.67 Å². The van der Waals surface area contributed by atoms with Crippen molar-refractivity contribution >= 4 is 43.3 Å². The van der Waals surface area contributed by atoms with Crippen LogP contribution in [0.5, 0.6) is 0 Å². The number of aliphatic hydroxyl groups is 1. The second-order valence-electron chi connectivity index (χ2n) is 3.67. The molecule has 0 aliphatic rings. The van der Waals surface area contributed by atoms with E-state index in [1.54, 1.807) is 0 Å². The summed E-state index contributed by atoms with van der Waals surface area (Å²) in [5.41, 5.74) is 0. The first-order valence-electron chi connectivity index (χ1n) is 5.47. The zero-order chi connectivity index (χ0) is 15.3.